The van der Waals surface area contributed by atoms with Crippen LogP contribution < -0.4 is 4.90 Å². The molecule has 210 valence electrons. The number of rotatable bonds is 12. The van der Waals surface area contributed by atoms with Crippen LogP contribution in [0.15, 0.2) is 91.0 Å². The first-order valence-electron chi connectivity index (χ1n) is 15.1. The van der Waals surface area contributed by atoms with Gasteiger partial charge in [0.1, 0.15) is 0 Å². The summed E-state index contributed by atoms with van der Waals surface area (Å²) in [6.07, 6.45) is 6.77. The Bertz CT molecular complexity index is 1190. The fourth-order valence-corrected chi connectivity index (χ4v) is 6.28. The molecule has 2 fully saturated rings. The maximum absolute atomic E-state index is 13.8. The fraction of sp³-hybridized carbons (Fsp3) is 0.429. The molecule has 0 spiro atoms. The van der Waals surface area contributed by atoms with Crippen molar-refractivity contribution < 1.29 is 9.59 Å². The van der Waals surface area contributed by atoms with Crippen LogP contribution in [0.3, 0.4) is 0 Å². The van der Waals surface area contributed by atoms with E-state index in [1.807, 2.05) is 46.2 Å². The van der Waals surface area contributed by atoms with Gasteiger partial charge in [0.25, 0.3) is 0 Å². The molecule has 1 unspecified atom stereocenters. The van der Waals surface area contributed by atoms with E-state index in [-0.39, 0.29) is 17.7 Å². The van der Waals surface area contributed by atoms with Crippen molar-refractivity contribution in [2.75, 3.05) is 44.2 Å². The Morgan fingerprint density at radius 1 is 0.775 bits per heavy atom. The molecule has 1 atom stereocenters. The first-order chi connectivity index (χ1) is 19.7. The third-order valence-corrected chi connectivity index (χ3v) is 8.56. The Kier molecular flexibility index (Phi) is 10.0. The van der Waals surface area contributed by atoms with Crippen LogP contribution in [0.1, 0.15) is 43.2 Å². The van der Waals surface area contributed by atoms with Crippen molar-refractivity contribution in [2.45, 2.75) is 44.9 Å². The zero-order valence-corrected chi connectivity index (χ0v) is 23.7. The number of amides is 2. The monoisotopic (exact) mass is 537 g/mol. The van der Waals surface area contributed by atoms with E-state index in [9.17, 15) is 9.59 Å². The van der Waals surface area contributed by atoms with E-state index >= 15 is 0 Å². The number of piperidine rings is 1. The summed E-state index contributed by atoms with van der Waals surface area (Å²) in [5.41, 5.74) is 3.67. The molecule has 0 aromatic heterocycles. The van der Waals surface area contributed by atoms with Crippen LogP contribution in [0, 0.1) is 11.8 Å². The highest BCUT2D eigenvalue weighted by Gasteiger charge is 2.36. The molecule has 2 aliphatic rings. The molecule has 0 bridgehead atoms. The second kappa shape index (κ2) is 14.3. The van der Waals surface area contributed by atoms with Crippen molar-refractivity contribution >= 4 is 17.5 Å². The normalized spacial score (nSPS) is 18.2. The molecule has 5 nitrogen and oxygen atoms in total. The van der Waals surface area contributed by atoms with E-state index in [0.717, 1.165) is 50.5 Å². The number of hydrogen-bond acceptors (Lipinski definition) is 3. The third-order valence-electron chi connectivity index (χ3n) is 8.56. The van der Waals surface area contributed by atoms with Crippen molar-refractivity contribution in [3.05, 3.63) is 102 Å². The van der Waals surface area contributed by atoms with E-state index < -0.39 is 0 Å². The summed E-state index contributed by atoms with van der Waals surface area (Å²) in [6, 6.07) is 31.2. The topological polar surface area (TPSA) is 43.9 Å². The summed E-state index contributed by atoms with van der Waals surface area (Å²) in [7, 11) is 0. The zero-order chi connectivity index (χ0) is 27.6. The van der Waals surface area contributed by atoms with Crippen LogP contribution in [-0.2, 0) is 22.4 Å². The molecule has 3 aromatic carbocycles. The maximum atomic E-state index is 13.8. The lowest BCUT2D eigenvalue weighted by atomic mass is 9.90. The molecular formula is C35H43N3O2. The van der Waals surface area contributed by atoms with Crippen LogP contribution in [0.2, 0.25) is 0 Å². The minimum atomic E-state index is -0.266. The number of carbonyl (C=O) groups excluding carboxylic acids is 2. The predicted molar refractivity (Wildman–Crippen MR) is 162 cm³/mol. The summed E-state index contributed by atoms with van der Waals surface area (Å²) >= 11 is 0. The number of aryl methyl sites for hydroxylation is 1. The summed E-state index contributed by atoms with van der Waals surface area (Å²) < 4.78 is 0. The Labute approximate surface area is 239 Å². The number of carbonyl (C=O) groups is 2. The van der Waals surface area contributed by atoms with Crippen LogP contribution in [0.25, 0.3) is 0 Å². The van der Waals surface area contributed by atoms with Gasteiger partial charge in [0, 0.05) is 31.7 Å². The fourth-order valence-electron chi connectivity index (χ4n) is 6.28. The summed E-state index contributed by atoms with van der Waals surface area (Å²) in [4.78, 5) is 33.0. The van der Waals surface area contributed by atoms with Gasteiger partial charge in [-0.15, -0.1) is 0 Å². The SMILES string of the molecule is O=C1CC(C(=O)N(CCCN2CCC(Cc3ccccc3)CC2)c2ccccc2)CN1CCCc1ccccc1. The number of para-hydroxylation sites is 1. The van der Waals surface area contributed by atoms with Gasteiger partial charge in [-0.25, -0.2) is 0 Å². The molecule has 2 saturated heterocycles. The van der Waals surface area contributed by atoms with Gasteiger partial charge < -0.3 is 14.7 Å². The average molecular weight is 538 g/mol. The Balaban J connectivity index is 1.10. The van der Waals surface area contributed by atoms with E-state index in [2.05, 4.69) is 59.5 Å². The van der Waals surface area contributed by atoms with Gasteiger partial charge >= 0.3 is 0 Å². The van der Waals surface area contributed by atoms with Gasteiger partial charge in [-0.1, -0.05) is 78.9 Å². The second-order valence-electron chi connectivity index (χ2n) is 11.5. The second-order valence-corrected chi connectivity index (χ2v) is 11.5. The van der Waals surface area contributed by atoms with Gasteiger partial charge in [0.05, 0.1) is 5.92 Å². The lowest BCUT2D eigenvalue weighted by Gasteiger charge is -2.33. The standard InChI is InChI=1S/C35H43N3O2/c39-34-27-32(28-37(34)22-10-16-29-12-4-1-5-13-29)35(40)38(33-17-8-3-9-18-33)23-11-21-36-24-19-31(20-25-36)26-30-14-6-2-7-15-30/h1-9,12-15,17-18,31-32H,10-11,16,19-28H2. The molecule has 5 rings (SSSR count). The Morgan fingerprint density at radius 3 is 2.08 bits per heavy atom. The van der Waals surface area contributed by atoms with Gasteiger partial charge in [0.2, 0.25) is 11.8 Å². The molecular weight excluding hydrogens is 494 g/mol. The summed E-state index contributed by atoms with van der Waals surface area (Å²) in [6.45, 7) is 5.20. The van der Waals surface area contributed by atoms with E-state index in [4.69, 9.17) is 0 Å². The molecule has 2 aliphatic heterocycles. The lowest BCUT2D eigenvalue weighted by Crippen LogP contribution is -2.40. The lowest BCUT2D eigenvalue weighted by molar-refractivity contribution is -0.128. The molecule has 0 N–H and O–H groups in total. The summed E-state index contributed by atoms with van der Waals surface area (Å²) in [5, 5.41) is 0. The van der Waals surface area contributed by atoms with E-state index in [1.54, 1.807) is 0 Å². The van der Waals surface area contributed by atoms with Gasteiger partial charge in [-0.3, -0.25) is 9.59 Å². The Hall–Kier alpha value is -3.44. The molecule has 5 heteroatoms. The minimum absolute atomic E-state index is 0.0895. The maximum Gasteiger partial charge on any atom is 0.232 e. The van der Waals surface area contributed by atoms with Crippen LogP contribution in [-0.4, -0.2) is 60.9 Å². The van der Waals surface area contributed by atoms with Gasteiger partial charge in [-0.2, -0.15) is 0 Å². The van der Waals surface area contributed by atoms with Crippen molar-refractivity contribution in [1.82, 2.24) is 9.80 Å². The van der Waals surface area contributed by atoms with Crippen molar-refractivity contribution in [3.8, 4) is 0 Å². The van der Waals surface area contributed by atoms with Crippen molar-refractivity contribution in [2.24, 2.45) is 11.8 Å². The zero-order valence-electron chi connectivity index (χ0n) is 23.7. The van der Waals surface area contributed by atoms with Gasteiger partial charge in [-0.05, 0) is 87.3 Å². The number of benzene rings is 3. The largest absolute Gasteiger partial charge is 0.342 e. The summed E-state index contributed by atoms with van der Waals surface area (Å²) in [5.74, 6) is 0.694. The third kappa shape index (κ3) is 7.82. The van der Waals surface area contributed by atoms with E-state index in [0.29, 0.717) is 26.1 Å². The Morgan fingerprint density at radius 2 is 1.40 bits per heavy atom. The highest BCUT2D eigenvalue weighted by molar-refractivity contribution is 5.99. The quantitative estimate of drug-likeness (QED) is 0.291. The molecule has 40 heavy (non-hydrogen) atoms. The van der Waals surface area contributed by atoms with Crippen LogP contribution in [0.5, 0.6) is 0 Å². The van der Waals surface area contributed by atoms with Crippen LogP contribution >= 0.6 is 0 Å². The number of hydrogen-bond donors (Lipinski definition) is 0. The molecule has 0 saturated carbocycles. The number of likely N-dealkylation sites (tertiary alicyclic amines) is 2. The minimum Gasteiger partial charge on any atom is -0.342 e. The highest BCUT2D eigenvalue weighted by Crippen LogP contribution is 2.25. The van der Waals surface area contributed by atoms with E-state index in [1.165, 1.54) is 30.4 Å². The molecule has 0 aliphatic carbocycles. The van der Waals surface area contributed by atoms with Crippen molar-refractivity contribution in [3.63, 3.8) is 0 Å². The highest BCUT2D eigenvalue weighted by atomic mass is 16.2. The number of anilines is 1. The van der Waals surface area contributed by atoms with Gasteiger partial charge in [0.15, 0.2) is 0 Å². The first kappa shape index (κ1) is 28.1. The average Bonchev–Trinajstić information content (AvgIpc) is 3.37. The van der Waals surface area contributed by atoms with Crippen molar-refractivity contribution in [1.29, 1.82) is 0 Å². The van der Waals surface area contributed by atoms with Crippen LogP contribution in [0.4, 0.5) is 5.69 Å². The molecule has 0 radical (unpaired) electrons. The first-order valence-corrected chi connectivity index (χ1v) is 15.1. The predicted octanol–water partition coefficient (Wildman–Crippen LogP) is 5.85. The molecule has 2 amide bonds. The smallest absolute Gasteiger partial charge is 0.232 e. The molecule has 2 heterocycles. The molecule has 3 aromatic rings. The number of nitrogens with zero attached hydrogens (tertiary/aromatic N) is 3.